The van der Waals surface area contributed by atoms with Crippen molar-refractivity contribution in [3.8, 4) is 11.5 Å². The second-order valence-electron chi connectivity index (χ2n) is 4.11. The molecule has 0 saturated carbocycles. The van der Waals surface area contributed by atoms with E-state index in [9.17, 15) is 0 Å². The summed E-state index contributed by atoms with van der Waals surface area (Å²) in [6.45, 7) is 0.0339. The van der Waals surface area contributed by atoms with Crippen molar-refractivity contribution in [1.29, 1.82) is 0 Å². The first-order chi connectivity index (χ1) is 9.81. The molecule has 0 aliphatic heterocycles. The van der Waals surface area contributed by atoms with E-state index >= 15 is 0 Å². The molecule has 0 spiro atoms. The molecule has 0 atom stereocenters. The molecular weight excluding hydrogens is 256 g/mol. The van der Waals surface area contributed by atoms with Crippen LogP contribution in [0.4, 0.5) is 0 Å². The fourth-order valence-corrected chi connectivity index (χ4v) is 1.56. The van der Waals surface area contributed by atoms with Gasteiger partial charge in [0, 0.05) is 0 Å². The highest BCUT2D eigenvalue weighted by molar-refractivity contribution is 5.28. The molecule has 0 heterocycles. The number of aliphatic hydroxyl groups is 2. The Morgan fingerprint density at radius 2 is 1.00 bits per heavy atom. The zero-order valence-corrected chi connectivity index (χ0v) is 10.9. The van der Waals surface area contributed by atoms with Crippen molar-refractivity contribution in [2.75, 3.05) is 0 Å². The van der Waals surface area contributed by atoms with Crippen LogP contribution in [0.1, 0.15) is 11.1 Å². The van der Waals surface area contributed by atoms with Crippen molar-refractivity contribution in [2.45, 2.75) is 13.2 Å². The van der Waals surface area contributed by atoms with E-state index in [1.807, 2.05) is 0 Å². The standard InChI is InChI=1S/C16H16O4/c17-11-13-1-5-15(6-2-13)19-9-10-20-16-7-3-14(12-18)4-8-16/h1-10,17-18H,11-12H2/b10-9+. The lowest BCUT2D eigenvalue weighted by molar-refractivity contribution is 0.281. The van der Waals surface area contributed by atoms with Crippen LogP contribution in [0.25, 0.3) is 0 Å². The van der Waals surface area contributed by atoms with Crippen LogP contribution in [0.5, 0.6) is 11.5 Å². The van der Waals surface area contributed by atoms with Gasteiger partial charge in [0.2, 0.25) is 0 Å². The Balaban J connectivity index is 1.83. The highest BCUT2D eigenvalue weighted by Crippen LogP contribution is 2.14. The van der Waals surface area contributed by atoms with Crippen LogP contribution in [-0.4, -0.2) is 10.2 Å². The maximum atomic E-state index is 8.92. The van der Waals surface area contributed by atoms with E-state index in [4.69, 9.17) is 19.7 Å². The summed E-state index contributed by atoms with van der Waals surface area (Å²) in [5, 5.41) is 17.8. The average Bonchev–Trinajstić information content (AvgIpc) is 2.53. The summed E-state index contributed by atoms with van der Waals surface area (Å²) in [6.07, 6.45) is 2.88. The Hall–Kier alpha value is -2.30. The third kappa shape index (κ3) is 4.12. The maximum Gasteiger partial charge on any atom is 0.126 e. The fraction of sp³-hybridized carbons (Fsp3) is 0.125. The zero-order valence-electron chi connectivity index (χ0n) is 10.9. The van der Waals surface area contributed by atoms with Gasteiger partial charge < -0.3 is 19.7 Å². The summed E-state index contributed by atoms with van der Waals surface area (Å²) in [7, 11) is 0. The van der Waals surface area contributed by atoms with Gasteiger partial charge in [-0.3, -0.25) is 0 Å². The summed E-state index contributed by atoms with van der Waals surface area (Å²) >= 11 is 0. The topological polar surface area (TPSA) is 58.9 Å². The van der Waals surface area contributed by atoms with Gasteiger partial charge in [0.25, 0.3) is 0 Å². The third-order valence-electron chi connectivity index (χ3n) is 2.68. The van der Waals surface area contributed by atoms with Crippen molar-refractivity contribution >= 4 is 0 Å². The van der Waals surface area contributed by atoms with Gasteiger partial charge in [-0.15, -0.1) is 0 Å². The second kappa shape index (κ2) is 7.33. The highest BCUT2D eigenvalue weighted by atomic mass is 16.5. The minimum absolute atomic E-state index is 0.0169. The van der Waals surface area contributed by atoms with Crippen LogP contribution in [0, 0.1) is 0 Å². The average molecular weight is 272 g/mol. The van der Waals surface area contributed by atoms with Gasteiger partial charge in [-0.25, -0.2) is 0 Å². The van der Waals surface area contributed by atoms with Crippen LogP contribution < -0.4 is 9.47 Å². The first kappa shape index (κ1) is 14.1. The minimum Gasteiger partial charge on any atom is -0.462 e. The lowest BCUT2D eigenvalue weighted by Crippen LogP contribution is -1.88. The van der Waals surface area contributed by atoms with Gasteiger partial charge >= 0.3 is 0 Å². The lowest BCUT2D eigenvalue weighted by Gasteiger charge is -2.03. The number of rotatable bonds is 6. The van der Waals surface area contributed by atoms with E-state index in [0.29, 0.717) is 11.5 Å². The second-order valence-corrected chi connectivity index (χ2v) is 4.11. The Kier molecular flexibility index (Phi) is 5.17. The lowest BCUT2D eigenvalue weighted by atomic mass is 10.2. The van der Waals surface area contributed by atoms with Crippen molar-refractivity contribution in [3.05, 3.63) is 72.2 Å². The molecule has 0 fully saturated rings. The molecule has 0 aromatic heterocycles. The molecule has 2 N–H and O–H groups in total. The smallest absolute Gasteiger partial charge is 0.126 e. The Labute approximate surface area is 117 Å². The molecule has 0 bridgehead atoms. The summed E-state index contributed by atoms with van der Waals surface area (Å²) in [4.78, 5) is 0. The van der Waals surface area contributed by atoms with E-state index in [2.05, 4.69) is 0 Å². The third-order valence-corrected chi connectivity index (χ3v) is 2.68. The molecular formula is C16H16O4. The Bertz CT molecular complexity index is 492. The summed E-state index contributed by atoms with van der Waals surface area (Å²) < 4.78 is 10.7. The van der Waals surface area contributed by atoms with Gasteiger partial charge in [-0.05, 0) is 35.4 Å². The van der Waals surface area contributed by atoms with E-state index in [1.165, 1.54) is 12.5 Å². The van der Waals surface area contributed by atoms with E-state index in [1.54, 1.807) is 48.5 Å². The van der Waals surface area contributed by atoms with Gasteiger partial charge in [-0.2, -0.15) is 0 Å². The molecule has 2 aromatic carbocycles. The van der Waals surface area contributed by atoms with E-state index < -0.39 is 0 Å². The molecule has 4 heteroatoms. The first-order valence-corrected chi connectivity index (χ1v) is 6.20. The molecule has 0 unspecified atom stereocenters. The summed E-state index contributed by atoms with van der Waals surface area (Å²) in [5.74, 6) is 1.33. The summed E-state index contributed by atoms with van der Waals surface area (Å²) in [6, 6.07) is 14.2. The van der Waals surface area contributed by atoms with Crippen LogP contribution >= 0.6 is 0 Å². The van der Waals surface area contributed by atoms with Crippen LogP contribution in [0.3, 0.4) is 0 Å². The zero-order chi connectivity index (χ0) is 14.2. The Morgan fingerprint density at radius 1 is 0.650 bits per heavy atom. The molecule has 2 aromatic rings. The van der Waals surface area contributed by atoms with Crippen molar-refractivity contribution in [1.82, 2.24) is 0 Å². The van der Waals surface area contributed by atoms with Gasteiger partial charge in [0.1, 0.15) is 24.0 Å². The van der Waals surface area contributed by atoms with Gasteiger partial charge in [0.15, 0.2) is 0 Å². The molecule has 104 valence electrons. The SMILES string of the molecule is OCc1ccc(O/C=C/Oc2ccc(CO)cc2)cc1. The number of aliphatic hydroxyl groups excluding tert-OH is 2. The monoisotopic (exact) mass is 272 g/mol. The molecule has 0 aliphatic carbocycles. The first-order valence-electron chi connectivity index (χ1n) is 6.20. The molecule has 2 rings (SSSR count). The van der Waals surface area contributed by atoms with Crippen LogP contribution in [-0.2, 0) is 13.2 Å². The molecule has 0 radical (unpaired) electrons. The summed E-state index contributed by atoms with van der Waals surface area (Å²) in [5.41, 5.74) is 1.67. The van der Waals surface area contributed by atoms with E-state index in [0.717, 1.165) is 11.1 Å². The van der Waals surface area contributed by atoms with E-state index in [-0.39, 0.29) is 13.2 Å². The van der Waals surface area contributed by atoms with Crippen molar-refractivity contribution in [3.63, 3.8) is 0 Å². The number of benzene rings is 2. The van der Waals surface area contributed by atoms with Crippen LogP contribution in [0.2, 0.25) is 0 Å². The van der Waals surface area contributed by atoms with Crippen LogP contribution in [0.15, 0.2) is 61.1 Å². The fourth-order valence-electron chi connectivity index (χ4n) is 1.56. The molecule has 20 heavy (non-hydrogen) atoms. The normalized spacial score (nSPS) is 10.7. The number of ether oxygens (including phenoxy) is 2. The molecule has 0 aliphatic rings. The largest absolute Gasteiger partial charge is 0.462 e. The number of hydrogen-bond acceptors (Lipinski definition) is 4. The van der Waals surface area contributed by atoms with Crippen molar-refractivity contribution in [2.24, 2.45) is 0 Å². The molecule has 0 saturated heterocycles. The van der Waals surface area contributed by atoms with Gasteiger partial charge in [-0.1, -0.05) is 24.3 Å². The van der Waals surface area contributed by atoms with Crippen molar-refractivity contribution < 1.29 is 19.7 Å². The van der Waals surface area contributed by atoms with Gasteiger partial charge in [0.05, 0.1) is 13.2 Å². The number of hydrogen-bond donors (Lipinski definition) is 2. The minimum atomic E-state index is 0.0169. The predicted octanol–water partition coefficient (Wildman–Crippen LogP) is 2.60. The highest BCUT2D eigenvalue weighted by Gasteiger charge is 1.94. The Morgan fingerprint density at radius 3 is 1.30 bits per heavy atom. The predicted molar refractivity (Wildman–Crippen MR) is 75.1 cm³/mol. The quantitative estimate of drug-likeness (QED) is 0.794. The maximum absolute atomic E-state index is 8.92. The molecule has 4 nitrogen and oxygen atoms in total. The molecule has 0 amide bonds.